The van der Waals surface area contributed by atoms with Gasteiger partial charge < -0.3 is 0 Å². The van der Waals surface area contributed by atoms with Gasteiger partial charge in [0.05, 0.1) is 0 Å². The molecule has 0 N–H and O–H groups in total. The van der Waals surface area contributed by atoms with Crippen molar-refractivity contribution in [3.05, 3.63) is 107 Å². The summed E-state index contributed by atoms with van der Waals surface area (Å²) in [6.45, 7) is 0.881. The Morgan fingerprint density at radius 3 is 2.11 bits per heavy atom. The molecule has 3 aromatic rings. The van der Waals surface area contributed by atoms with E-state index in [-0.39, 0.29) is 11.8 Å². The number of benzene rings is 3. The van der Waals surface area contributed by atoms with Crippen molar-refractivity contribution in [1.82, 2.24) is 4.90 Å². The van der Waals surface area contributed by atoms with Gasteiger partial charge in [0.2, 0.25) is 0 Å². The summed E-state index contributed by atoms with van der Waals surface area (Å²) in [5.41, 5.74) is 6.34. The van der Waals surface area contributed by atoms with E-state index < -0.39 is 0 Å². The minimum absolute atomic E-state index is 0.174. The Morgan fingerprint density at radius 2 is 1.37 bits per heavy atom. The highest BCUT2D eigenvalue weighted by Crippen LogP contribution is 2.40. The summed E-state index contributed by atoms with van der Waals surface area (Å²) in [6.07, 6.45) is 2.73. The molecular formula is C25H23NO. The van der Waals surface area contributed by atoms with Crippen LogP contribution in [0.1, 0.15) is 45.1 Å². The molecule has 1 unspecified atom stereocenters. The summed E-state index contributed by atoms with van der Waals surface area (Å²) in [4.78, 5) is 15.2. The highest BCUT2D eigenvalue weighted by Gasteiger charge is 2.38. The number of carbonyl (C=O) groups excluding carboxylic acids is 1. The monoisotopic (exact) mass is 353 g/mol. The van der Waals surface area contributed by atoms with Crippen LogP contribution in [0.5, 0.6) is 0 Å². The molecule has 5 rings (SSSR count). The average molecular weight is 353 g/mol. The van der Waals surface area contributed by atoms with E-state index in [1.165, 1.54) is 22.3 Å². The predicted molar refractivity (Wildman–Crippen MR) is 108 cm³/mol. The molecule has 2 heteroatoms. The van der Waals surface area contributed by atoms with E-state index in [2.05, 4.69) is 71.6 Å². The molecule has 0 saturated heterocycles. The number of nitrogens with zero attached hydrogens (tertiary/aromatic N) is 1. The molecule has 0 spiro atoms. The van der Waals surface area contributed by atoms with E-state index in [1.807, 2.05) is 12.1 Å². The smallest absolute Gasteiger partial charge is 0.165 e. The first-order valence-electron chi connectivity index (χ1n) is 9.78. The number of hydrogen-bond acceptors (Lipinski definition) is 2. The van der Waals surface area contributed by atoms with E-state index in [0.29, 0.717) is 12.5 Å². The minimum atomic E-state index is 0.174. The van der Waals surface area contributed by atoms with Gasteiger partial charge >= 0.3 is 0 Å². The van der Waals surface area contributed by atoms with Crippen LogP contribution in [0.25, 0.3) is 0 Å². The second kappa shape index (κ2) is 6.79. The van der Waals surface area contributed by atoms with Crippen molar-refractivity contribution in [1.29, 1.82) is 0 Å². The largest absolute Gasteiger partial charge is 0.294 e. The van der Waals surface area contributed by atoms with Gasteiger partial charge in [0.1, 0.15) is 0 Å². The van der Waals surface area contributed by atoms with Crippen molar-refractivity contribution in [3.8, 4) is 0 Å². The van der Waals surface area contributed by atoms with Crippen molar-refractivity contribution < 1.29 is 4.79 Å². The zero-order valence-corrected chi connectivity index (χ0v) is 15.3. The van der Waals surface area contributed by atoms with Gasteiger partial charge in [-0.15, -0.1) is 0 Å². The molecule has 2 aliphatic carbocycles. The maximum absolute atomic E-state index is 12.6. The first-order chi connectivity index (χ1) is 13.3. The average Bonchev–Trinajstić information content (AvgIpc) is 3.29. The van der Waals surface area contributed by atoms with Crippen LogP contribution >= 0.6 is 0 Å². The van der Waals surface area contributed by atoms with Gasteiger partial charge in [-0.2, -0.15) is 0 Å². The fraction of sp³-hybridized carbons (Fsp3) is 0.240. The highest BCUT2D eigenvalue weighted by molar-refractivity contribution is 6.01. The van der Waals surface area contributed by atoms with Crippen LogP contribution in [-0.2, 0) is 19.4 Å². The maximum Gasteiger partial charge on any atom is 0.165 e. The lowest BCUT2D eigenvalue weighted by Gasteiger charge is -2.35. The lowest BCUT2D eigenvalue weighted by atomic mass is 10.0. The topological polar surface area (TPSA) is 20.3 Å². The van der Waals surface area contributed by atoms with Crippen LogP contribution < -0.4 is 0 Å². The van der Waals surface area contributed by atoms with Crippen LogP contribution in [-0.4, -0.2) is 16.7 Å². The summed E-state index contributed by atoms with van der Waals surface area (Å²) in [7, 11) is 0. The van der Waals surface area contributed by atoms with E-state index in [9.17, 15) is 4.79 Å². The van der Waals surface area contributed by atoms with Crippen LogP contribution in [0.4, 0.5) is 0 Å². The Morgan fingerprint density at radius 1 is 0.741 bits per heavy atom. The molecule has 2 aliphatic rings. The second-order valence-electron chi connectivity index (χ2n) is 7.72. The molecule has 0 radical (unpaired) electrons. The number of ketones is 1. The van der Waals surface area contributed by atoms with Gasteiger partial charge in [-0.05, 0) is 35.1 Å². The molecule has 0 aromatic heterocycles. The van der Waals surface area contributed by atoms with Gasteiger partial charge in [-0.1, -0.05) is 78.9 Å². The Labute approximate surface area is 160 Å². The summed E-state index contributed by atoms with van der Waals surface area (Å²) >= 11 is 0. The lowest BCUT2D eigenvalue weighted by Crippen LogP contribution is -2.38. The number of rotatable bonds is 4. The quantitative estimate of drug-likeness (QED) is 0.659. The maximum atomic E-state index is 12.6. The lowest BCUT2D eigenvalue weighted by molar-refractivity contribution is 0.0897. The summed E-state index contributed by atoms with van der Waals surface area (Å²) in [5, 5.41) is 0. The van der Waals surface area contributed by atoms with Gasteiger partial charge in [0.25, 0.3) is 0 Å². The van der Waals surface area contributed by atoms with Crippen molar-refractivity contribution in [3.63, 3.8) is 0 Å². The first-order valence-corrected chi connectivity index (χ1v) is 9.78. The molecule has 0 bridgehead atoms. The normalized spacial score (nSPS) is 18.7. The SMILES string of the molecule is O=C1CC(N(Cc2ccccc2)C2Cc3ccccc3C2)c2ccccc21. The van der Waals surface area contributed by atoms with Gasteiger partial charge in [0.15, 0.2) is 5.78 Å². The summed E-state index contributed by atoms with van der Waals surface area (Å²) in [6, 6.07) is 28.2. The fourth-order valence-corrected chi connectivity index (χ4v) is 4.79. The molecular weight excluding hydrogens is 330 g/mol. The summed E-state index contributed by atoms with van der Waals surface area (Å²) < 4.78 is 0. The molecule has 0 heterocycles. The van der Waals surface area contributed by atoms with E-state index in [1.54, 1.807) is 0 Å². The second-order valence-corrected chi connectivity index (χ2v) is 7.72. The minimum Gasteiger partial charge on any atom is -0.294 e. The fourth-order valence-electron chi connectivity index (χ4n) is 4.79. The Bertz CT molecular complexity index is 953. The predicted octanol–water partition coefficient (Wildman–Crippen LogP) is 4.98. The molecule has 134 valence electrons. The number of fused-ring (bicyclic) bond motifs is 2. The molecule has 0 fully saturated rings. The van der Waals surface area contributed by atoms with Crippen molar-refractivity contribution in [2.24, 2.45) is 0 Å². The third-order valence-electron chi connectivity index (χ3n) is 6.11. The standard InChI is InChI=1S/C25H23NO/c27-25-16-24(22-12-6-7-13-23(22)25)26(17-18-8-2-1-3-9-18)21-14-19-10-4-5-11-20(19)15-21/h1-13,21,24H,14-17H2. The van der Waals surface area contributed by atoms with Crippen LogP contribution in [0, 0.1) is 0 Å². The third kappa shape index (κ3) is 3.00. The first kappa shape index (κ1) is 16.5. The van der Waals surface area contributed by atoms with E-state index >= 15 is 0 Å². The molecule has 2 nitrogen and oxygen atoms in total. The van der Waals surface area contributed by atoms with Crippen molar-refractivity contribution >= 4 is 5.78 Å². The van der Waals surface area contributed by atoms with E-state index in [0.717, 1.165) is 24.9 Å². The van der Waals surface area contributed by atoms with E-state index in [4.69, 9.17) is 0 Å². The van der Waals surface area contributed by atoms with Crippen molar-refractivity contribution in [2.75, 3.05) is 0 Å². The molecule has 0 saturated carbocycles. The van der Waals surface area contributed by atoms with Crippen molar-refractivity contribution in [2.45, 2.75) is 37.9 Å². The molecule has 0 amide bonds. The molecule has 27 heavy (non-hydrogen) atoms. The van der Waals surface area contributed by atoms with Gasteiger partial charge in [0, 0.05) is 30.6 Å². The molecule has 3 aromatic carbocycles. The summed E-state index contributed by atoms with van der Waals surface area (Å²) in [5.74, 6) is 0.282. The van der Waals surface area contributed by atoms with Gasteiger partial charge in [-0.3, -0.25) is 9.69 Å². The van der Waals surface area contributed by atoms with Crippen LogP contribution in [0.3, 0.4) is 0 Å². The zero-order chi connectivity index (χ0) is 18.2. The molecule has 1 atom stereocenters. The third-order valence-corrected chi connectivity index (χ3v) is 6.11. The van der Waals surface area contributed by atoms with Crippen LogP contribution in [0.15, 0.2) is 78.9 Å². The van der Waals surface area contributed by atoms with Crippen LogP contribution in [0.2, 0.25) is 0 Å². The Kier molecular flexibility index (Phi) is 4.14. The molecule has 0 aliphatic heterocycles. The Balaban J connectivity index is 1.51. The number of Topliss-reactive ketones (excluding diaryl/α,β-unsaturated/α-hetero) is 1. The number of hydrogen-bond donors (Lipinski definition) is 0. The zero-order valence-electron chi connectivity index (χ0n) is 15.3. The number of carbonyl (C=O) groups is 1. The Hall–Kier alpha value is -2.71. The highest BCUT2D eigenvalue weighted by atomic mass is 16.1. The van der Waals surface area contributed by atoms with Gasteiger partial charge in [-0.25, -0.2) is 0 Å².